The van der Waals surface area contributed by atoms with Crippen LogP contribution < -0.4 is 5.32 Å². The quantitative estimate of drug-likeness (QED) is 0.532. The van der Waals surface area contributed by atoms with Gasteiger partial charge in [-0.3, -0.25) is 4.79 Å². The first kappa shape index (κ1) is 20.6. The van der Waals surface area contributed by atoms with Crippen molar-refractivity contribution in [1.82, 2.24) is 9.88 Å². The average Bonchev–Trinajstić information content (AvgIpc) is 3.18. The zero-order valence-electron chi connectivity index (χ0n) is 17.7. The lowest BCUT2D eigenvalue weighted by atomic mass is 9.88. The fraction of sp³-hybridized carbons (Fsp3) is 0.400. The smallest absolute Gasteiger partial charge is 0.255 e. The summed E-state index contributed by atoms with van der Waals surface area (Å²) in [6.07, 6.45) is 6.94. The first-order valence-corrected chi connectivity index (χ1v) is 11.0. The highest BCUT2D eigenvalue weighted by Gasteiger charge is 2.25. The molecule has 3 aromatic rings. The number of aromatic amines is 1. The number of hydrogen-bond acceptors (Lipinski definition) is 2. The number of carbonyl (C=O) groups excluding carboxylic acids is 1. The van der Waals surface area contributed by atoms with Crippen LogP contribution in [0.5, 0.6) is 0 Å². The Balaban J connectivity index is 1.48. The summed E-state index contributed by atoms with van der Waals surface area (Å²) in [6.45, 7) is 6.87. The van der Waals surface area contributed by atoms with Gasteiger partial charge in [-0.05, 0) is 93.2 Å². The molecule has 1 unspecified atom stereocenters. The molecule has 0 radical (unpaired) electrons. The van der Waals surface area contributed by atoms with E-state index in [1.165, 1.54) is 48.1 Å². The second kappa shape index (κ2) is 9.00. The van der Waals surface area contributed by atoms with Gasteiger partial charge in [0.1, 0.15) is 5.82 Å². The molecule has 1 aromatic heterocycles. The molecule has 1 atom stereocenters. The van der Waals surface area contributed by atoms with Gasteiger partial charge in [-0.15, -0.1) is 0 Å². The van der Waals surface area contributed by atoms with Crippen molar-refractivity contribution in [2.24, 2.45) is 0 Å². The maximum Gasteiger partial charge on any atom is 0.255 e. The molecule has 0 saturated carbocycles. The van der Waals surface area contributed by atoms with Gasteiger partial charge in [0, 0.05) is 34.4 Å². The van der Waals surface area contributed by atoms with Gasteiger partial charge in [0.15, 0.2) is 0 Å². The molecule has 1 aliphatic heterocycles. The fourth-order valence-electron chi connectivity index (χ4n) is 4.61. The Morgan fingerprint density at radius 3 is 2.63 bits per heavy atom. The molecule has 4 nitrogen and oxygen atoms in total. The number of halogens is 1. The Labute approximate surface area is 177 Å². The number of nitrogens with zero attached hydrogens (tertiary/aromatic N) is 1. The van der Waals surface area contributed by atoms with Crippen LogP contribution in [0.15, 0.2) is 48.7 Å². The first-order valence-electron chi connectivity index (χ1n) is 11.0. The molecule has 0 aliphatic carbocycles. The lowest BCUT2D eigenvalue weighted by Gasteiger charge is -2.36. The van der Waals surface area contributed by atoms with Crippen molar-refractivity contribution in [2.45, 2.75) is 51.5 Å². The molecule has 158 valence electrons. The van der Waals surface area contributed by atoms with E-state index in [1.54, 1.807) is 0 Å². The summed E-state index contributed by atoms with van der Waals surface area (Å²) in [4.78, 5) is 18.5. The predicted octanol–water partition coefficient (Wildman–Crippen LogP) is 5.93. The molecule has 1 aliphatic rings. The lowest BCUT2D eigenvalue weighted by molar-refractivity contribution is 0.102. The molecule has 4 rings (SSSR count). The number of piperidine rings is 1. The van der Waals surface area contributed by atoms with Crippen LogP contribution >= 0.6 is 0 Å². The van der Waals surface area contributed by atoms with Gasteiger partial charge < -0.3 is 15.2 Å². The van der Waals surface area contributed by atoms with E-state index in [9.17, 15) is 9.18 Å². The van der Waals surface area contributed by atoms with E-state index in [1.807, 2.05) is 12.1 Å². The van der Waals surface area contributed by atoms with Crippen molar-refractivity contribution in [3.05, 3.63) is 65.6 Å². The number of likely N-dealkylation sites (tertiary alicyclic amines) is 1. The van der Waals surface area contributed by atoms with Crippen LogP contribution in [0.2, 0.25) is 0 Å². The number of aromatic nitrogens is 1. The van der Waals surface area contributed by atoms with Gasteiger partial charge in [-0.2, -0.15) is 0 Å². The van der Waals surface area contributed by atoms with E-state index in [0.29, 0.717) is 17.5 Å². The highest BCUT2D eigenvalue weighted by molar-refractivity contribution is 6.05. The molecule has 2 heterocycles. The average molecular weight is 408 g/mol. The van der Waals surface area contributed by atoms with Crippen LogP contribution in [0.1, 0.15) is 61.4 Å². The van der Waals surface area contributed by atoms with E-state index in [-0.39, 0.29) is 11.7 Å². The summed E-state index contributed by atoms with van der Waals surface area (Å²) >= 11 is 0. The van der Waals surface area contributed by atoms with Gasteiger partial charge in [0.2, 0.25) is 0 Å². The van der Waals surface area contributed by atoms with Crippen molar-refractivity contribution < 1.29 is 9.18 Å². The first-order chi connectivity index (χ1) is 14.5. The second-order valence-corrected chi connectivity index (χ2v) is 8.41. The molecule has 1 amide bonds. The number of benzene rings is 2. The predicted molar refractivity (Wildman–Crippen MR) is 121 cm³/mol. The van der Waals surface area contributed by atoms with Gasteiger partial charge >= 0.3 is 0 Å². The minimum absolute atomic E-state index is 0.232. The summed E-state index contributed by atoms with van der Waals surface area (Å²) in [5, 5.41) is 4.12. The summed E-state index contributed by atoms with van der Waals surface area (Å²) in [7, 11) is 0. The Bertz CT molecular complexity index is 1000. The van der Waals surface area contributed by atoms with E-state index in [0.717, 1.165) is 37.1 Å². The summed E-state index contributed by atoms with van der Waals surface area (Å²) in [5.74, 6) is -0.0448. The van der Waals surface area contributed by atoms with E-state index < -0.39 is 0 Å². The number of amides is 1. The van der Waals surface area contributed by atoms with Crippen molar-refractivity contribution in [3.8, 4) is 0 Å². The van der Waals surface area contributed by atoms with Crippen molar-refractivity contribution in [1.29, 1.82) is 0 Å². The number of hydrogen-bond donors (Lipinski definition) is 2. The van der Waals surface area contributed by atoms with E-state index in [4.69, 9.17) is 0 Å². The normalized spacial score (nSPS) is 16.6. The second-order valence-electron chi connectivity index (χ2n) is 8.41. The third-order valence-electron chi connectivity index (χ3n) is 6.38. The molecule has 5 heteroatoms. The maximum absolute atomic E-state index is 13.1. The van der Waals surface area contributed by atoms with E-state index >= 15 is 0 Å². The van der Waals surface area contributed by atoms with Crippen LogP contribution in [0.3, 0.4) is 0 Å². The minimum atomic E-state index is -0.347. The van der Waals surface area contributed by atoms with Gasteiger partial charge in [0.05, 0.1) is 0 Å². The van der Waals surface area contributed by atoms with Gasteiger partial charge in [0.25, 0.3) is 5.91 Å². The van der Waals surface area contributed by atoms with Gasteiger partial charge in [-0.1, -0.05) is 13.3 Å². The van der Waals surface area contributed by atoms with Crippen LogP contribution in [0.4, 0.5) is 10.1 Å². The molecule has 0 spiro atoms. The number of carbonyl (C=O) groups is 1. The van der Waals surface area contributed by atoms with Crippen molar-refractivity contribution in [2.75, 3.05) is 18.4 Å². The number of anilines is 1. The monoisotopic (exact) mass is 407 g/mol. The largest absolute Gasteiger partial charge is 0.361 e. The summed E-state index contributed by atoms with van der Waals surface area (Å²) < 4.78 is 13.1. The number of rotatable bonds is 6. The van der Waals surface area contributed by atoms with Crippen LogP contribution in [-0.2, 0) is 0 Å². The molecule has 30 heavy (non-hydrogen) atoms. The molecular weight excluding hydrogens is 377 g/mol. The van der Waals surface area contributed by atoms with Crippen LogP contribution in [-0.4, -0.2) is 34.9 Å². The minimum Gasteiger partial charge on any atom is -0.361 e. The summed E-state index contributed by atoms with van der Waals surface area (Å²) in [5.41, 5.74) is 3.63. The third-order valence-corrected chi connectivity index (χ3v) is 6.38. The SMILES string of the molecule is CCCC(C)N1CCC(c2c[nH]c3ccc(NC(=O)c4ccc(F)cc4)cc23)CC1. The Hall–Kier alpha value is -2.66. The number of H-pyrrole nitrogens is 1. The van der Waals surface area contributed by atoms with Crippen molar-refractivity contribution >= 4 is 22.5 Å². The molecule has 1 fully saturated rings. The number of nitrogens with one attached hydrogen (secondary N) is 2. The molecule has 2 N–H and O–H groups in total. The van der Waals surface area contributed by atoms with E-state index in [2.05, 4.69) is 41.3 Å². The molecular formula is C25H30FN3O. The third kappa shape index (κ3) is 4.41. The molecule has 0 bridgehead atoms. The molecule has 1 saturated heterocycles. The Kier molecular flexibility index (Phi) is 6.18. The lowest BCUT2D eigenvalue weighted by Crippen LogP contribution is -2.39. The van der Waals surface area contributed by atoms with Crippen LogP contribution in [0, 0.1) is 5.82 Å². The standard InChI is InChI=1S/C25H30FN3O/c1-3-4-17(2)29-13-11-18(12-14-29)23-16-27-24-10-9-21(15-22(23)24)28-25(30)19-5-7-20(26)8-6-19/h5-10,15-18,27H,3-4,11-14H2,1-2H3,(H,28,30). The maximum atomic E-state index is 13.1. The fourth-order valence-corrected chi connectivity index (χ4v) is 4.61. The highest BCUT2D eigenvalue weighted by atomic mass is 19.1. The summed E-state index contributed by atoms with van der Waals surface area (Å²) in [6, 6.07) is 12.2. The zero-order chi connectivity index (χ0) is 21.1. The molecule has 2 aromatic carbocycles. The topological polar surface area (TPSA) is 48.1 Å². The highest BCUT2D eigenvalue weighted by Crippen LogP contribution is 2.35. The Morgan fingerprint density at radius 2 is 1.93 bits per heavy atom. The van der Waals surface area contributed by atoms with Crippen molar-refractivity contribution in [3.63, 3.8) is 0 Å². The Morgan fingerprint density at radius 1 is 1.20 bits per heavy atom. The number of fused-ring (bicyclic) bond motifs is 1. The van der Waals surface area contributed by atoms with Gasteiger partial charge in [-0.25, -0.2) is 4.39 Å². The van der Waals surface area contributed by atoms with Crippen LogP contribution in [0.25, 0.3) is 10.9 Å². The zero-order valence-corrected chi connectivity index (χ0v) is 17.7.